The van der Waals surface area contributed by atoms with Gasteiger partial charge in [0.25, 0.3) is 0 Å². The van der Waals surface area contributed by atoms with E-state index in [9.17, 15) is 4.79 Å². The van der Waals surface area contributed by atoms with Crippen molar-refractivity contribution in [3.63, 3.8) is 0 Å². The summed E-state index contributed by atoms with van der Waals surface area (Å²) in [7, 11) is 1.92. The average Bonchev–Trinajstić information content (AvgIpc) is 2.52. The van der Waals surface area contributed by atoms with Crippen LogP contribution in [-0.4, -0.2) is 42.8 Å². The Balaban J connectivity index is 2.06. The third kappa shape index (κ3) is 4.46. The number of nitrogens with one attached hydrogen (secondary N) is 1. The number of likely N-dealkylation sites (tertiary alicyclic amines) is 1. The summed E-state index contributed by atoms with van der Waals surface area (Å²) in [5, 5.41) is 12.2. The molecule has 23 heavy (non-hydrogen) atoms. The highest BCUT2D eigenvalue weighted by atomic mass is 16.6. The van der Waals surface area contributed by atoms with Crippen LogP contribution in [-0.2, 0) is 4.74 Å². The summed E-state index contributed by atoms with van der Waals surface area (Å²) in [6.07, 6.45) is 0.618. The maximum absolute atomic E-state index is 12.2. The molecular formula is C18H25N3O2. The highest BCUT2D eigenvalue weighted by Gasteiger charge is 2.33. The second kappa shape index (κ2) is 7.01. The number of rotatable bonds is 2. The first-order valence-electron chi connectivity index (χ1n) is 7.99. The third-order valence-corrected chi connectivity index (χ3v) is 4.10. The van der Waals surface area contributed by atoms with E-state index in [4.69, 9.17) is 10.00 Å². The Morgan fingerprint density at radius 1 is 1.35 bits per heavy atom. The molecule has 0 radical (unpaired) electrons. The smallest absolute Gasteiger partial charge is 0.410 e. The predicted octanol–water partition coefficient (Wildman–Crippen LogP) is 2.87. The molecule has 0 spiro atoms. The van der Waals surface area contributed by atoms with Gasteiger partial charge in [0.2, 0.25) is 0 Å². The van der Waals surface area contributed by atoms with Crippen molar-refractivity contribution in [2.75, 3.05) is 20.1 Å². The molecule has 2 unspecified atom stereocenters. The lowest BCUT2D eigenvalue weighted by molar-refractivity contribution is 0.0174. The standard InChI is InChI=1S/C18H25N3O2/c1-18(2,3)23-17(22)21-10-9-15(16(12-21)20-4)14-7-5-13(11-19)6-8-14/h5-8,15-16,20H,9-10,12H2,1-4H3. The van der Waals surface area contributed by atoms with Crippen LogP contribution < -0.4 is 5.32 Å². The zero-order valence-electron chi connectivity index (χ0n) is 14.3. The molecule has 1 saturated heterocycles. The van der Waals surface area contributed by atoms with Gasteiger partial charge in [0, 0.05) is 25.0 Å². The number of amides is 1. The Labute approximate surface area is 138 Å². The second-order valence-corrected chi connectivity index (χ2v) is 6.95. The van der Waals surface area contributed by atoms with E-state index in [-0.39, 0.29) is 12.1 Å². The largest absolute Gasteiger partial charge is 0.444 e. The van der Waals surface area contributed by atoms with Crippen LogP contribution in [0.4, 0.5) is 4.79 Å². The zero-order chi connectivity index (χ0) is 17.0. The van der Waals surface area contributed by atoms with Gasteiger partial charge in [0.1, 0.15) is 5.60 Å². The Morgan fingerprint density at radius 2 is 2.00 bits per heavy atom. The minimum Gasteiger partial charge on any atom is -0.444 e. The monoisotopic (exact) mass is 315 g/mol. The van der Waals surface area contributed by atoms with E-state index in [1.807, 2.05) is 52.1 Å². The number of nitriles is 1. The first kappa shape index (κ1) is 17.3. The highest BCUT2D eigenvalue weighted by Crippen LogP contribution is 2.29. The van der Waals surface area contributed by atoms with Gasteiger partial charge in [-0.3, -0.25) is 0 Å². The average molecular weight is 315 g/mol. The zero-order valence-corrected chi connectivity index (χ0v) is 14.3. The number of hydrogen-bond acceptors (Lipinski definition) is 4. The van der Waals surface area contributed by atoms with Crippen LogP contribution in [0.3, 0.4) is 0 Å². The van der Waals surface area contributed by atoms with E-state index in [1.54, 1.807) is 4.90 Å². The van der Waals surface area contributed by atoms with Crippen molar-refractivity contribution in [3.8, 4) is 6.07 Å². The van der Waals surface area contributed by atoms with Gasteiger partial charge in [0.05, 0.1) is 11.6 Å². The number of nitrogens with zero attached hydrogens (tertiary/aromatic N) is 2. The molecule has 1 amide bonds. The van der Waals surface area contributed by atoms with Gasteiger partial charge < -0.3 is 15.0 Å². The van der Waals surface area contributed by atoms with E-state index in [2.05, 4.69) is 11.4 Å². The molecule has 1 aliphatic rings. The van der Waals surface area contributed by atoms with Crippen molar-refractivity contribution < 1.29 is 9.53 Å². The lowest BCUT2D eigenvalue weighted by Crippen LogP contribution is -2.51. The van der Waals surface area contributed by atoms with E-state index in [1.165, 1.54) is 5.56 Å². The molecule has 124 valence electrons. The summed E-state index contributed by atoms with van der Waals surface area (Å²) in [6.45, 7) is 6.94. The topological polar surface area (TPSA) is 65.4 Å². The number of benzene rings is 1. The summed E-state index contributed by atoms with van der Waals surface area (Å²) >= 11 is 0. The summed E-state index contributed by atoms with van der Waals surface area (Å²) in [6, 6.07) is 10.0. The summed E-state index contributed by atoms with van der Waals surface area (Å²) in [4.78, 5) is 14.0. The Bertz CT molecular complexity index is 584. The van der Waals surface area contributed by atoms with Crippen LogP contribution in [0.2, 0.25) is 0 Å². The highest BCUT2D eigenvalue weighted by molar-refractivity contribution is 5.68. The SMILES string of the molecule is CNC1CN(C(=O)OC(C)(C)C)CCC1c1ccc(C#N)cc1. The van der Waals surface area contributed by atoms with Crippen molar-refractivity contribution in [1.29, 1.82) is 5.26 Å². The number of carbonyl (C=O) groups excluding carboxylic acids is 1. The maximum Gasteiger partial charge on any atom is 0.410 e. The van der Waals surface area contributed by atoms with Gasteiger partial charge in [-0.05, 0) is 51.9 Å². The lowest BCUT2D eigenvalue weighted by Gasteiger charge is -2.39. The predicted molar refractivity (Wildman–Crippen MR) is 89.2 cm³/mol. The van der Waals surface area contributed by atoms with Gasteiger partial charge in [-0.2, -0.15) is 5.26 Å². The molecule has 5 heteroatoms. The molecule has 0 bridgehead atoms. The van der Waals surface area contributed by atoms with Gasteiger partial charge in [-0.25, -0.2) is 4.79 Å². The van der Waals surface area contributed by atoms with Crippen LogP contribution in [0.15, 0.2) is 24.3 Å². The van der Waals surface area contributed by atoms with E-state index in [0.29, 0.717) is 24.6 Å². The first-order chi connectivity index (χ1) is 10.8. The Morgan fingerprint density at radius 3 is 2.52 bits per heavy atom. The molecule has 2 atom stereocenters. The number of hydrogen-bond donors (Lipinski definition) is 1. The van der Waals surface area contributed by atoms with Gasteiger partial charge in [-0.1, -0.05) is 12.1 Å². The van der Waals surface area contributed by atoms with Crippen molar-refractivity contribution in [3.05, 3.63) is 35.4 Å². The fourth-order valence-electron chi connectivity index (χ4n) is 2.94. The summed E-state index contributed by atoms with van der Waals surface area (Å²) in [5.41, 5.74) is 1.39. The van der Waals surface area contributed by atoms with E-state index in [0.717, 1.165) is 6.42 Å². The van der Waals surface area contributed by atoms with Crippen molar-refractivity contribution >= 4 is 6.09 Å². The molecule has 2 rings (SSSR count). The Hall–Kier alpha value is -2.06. The van der Waals surface area contributed by atoms with E-state index < -0.39 is 5.60 Å². The Kier molecular flexibility index (Phi) is 5.27. The summed E-state index contributed by atoms with van der Waals surface area (Å²) in [5.74, 6) is 0.325. The van der Waals surface area contributed by atoms with Crippen LogP contribution in [0.5, 0.6) is 0 Å². The fraction of sp³-hybridized carbons (Fsp3) is 0.556. The lowest BCUT2D eigenvalue weighted by atomic mass is 9.85. The number of ether oxygens (including phenoxy) is 1. The van der Waals surface area contributed by atoms with Crippen molar-refractivity contribution in [1.82, 2.24) is 10.2 Å². The number of carbonyl (C=O) groups is 1. The maximum atomic E-state index is 12.2. The number of piperidine rings is 1. The normalized spacial score (nSPS) is 21.6. The second-order valence-electron chi connectivity index (χ2n) is 6.95. The van der Waals surface area contributed by atoms with Crippen LogP contribution in [0.1, 0.15) is 44.2 Å². The van der Waals surface area contributed by atoms with Crippen LogP contribution >= 0.6 is 0 Å². The molecule has 0 aromatic heterocycles. The molecule has 1 N–H and O–H groups in total. The third-order valence-electron chi connectivity index (χ3n) is 4.10. The molecule has 0 saturated carbocycles. The van der Waals surface area contributed by atoms with E-state index >= 15 is 0 Å². The van der Waals surface area contributed by atoms with Crippen LogP contribution in [0, 0.1) is 11.3 Å². The molecule has 0 aliphatic carbocycles. The molecule has 1 heterocycles. The molecule has 1 aromatic carbocycles. The van der Waals surface area contributed by atoms with Crippen molar-refractivity contribution in [2.24, 2.45) is 0 Å². The van der Waals surface area contributed by atoms with Gasteiger partial charge >= 0.3 is 6.09 Å². The first-order valence-corrected chi connectivity index (χ1v) is 7.99. The minimum absolute atomic E-state index is 0.171. The molecule has 1 fully saturated rings. The fourth-order valence-corrected chi connectivity index (χ4v) is 2.94. The van der Waals surface area contributed by atoms with Gasteiger partial charge in [-0.15, -0.1) is 0 Å². The summed E-state index contributed by atoms with van der Waals surface area (Å²) < 4.78 is 5.46. The molecule has 5 nitrogen and oxygen atoms in total. The van der Waals surface area contributed by atoms with Crippen LogP contribution in [0.25, 0.3) is 0 Å². The number of likely N-dealkylation sites (N-methyl/N-ethyl adjacent to an activating group) is 1. The minimum atomic E-state index is -0.476. The molecule has 1 aromatic rings. The van der Waals surface area contributed by atoms with Crippen molar-refractivity contribution in [2.45, 2.75) is 44.8 Å². The van der Waals surface area contributed by atoms with Gasteiger partial charge in [0.15, 0.2) is 0 Å². The quantitative estimate of drug-likeness (QED) is 0.911. The molecule has 1 aliphatic heterocycles. The molecular weight excluding hydrogens is 290 g/mol.